The van der Waals surface area contributed by atoms with Gasteiger partial charge in [0.1, 0.15) is 12.6 Å². The third-order valence-corrected chi connectivity index (χ3v) is 1.27. The first-order valence-electron chi connectivity index (χ1n) is 3.62. The Balaban J connectivity index is 3.51. The van der Waals surface area contributed by atoms with Crippen molar-refractivity contribution in [2.45, 2.75) is 26.4 Å². The summed E-state index contributed by atoms with van der Waals surface area (Å²) in [5.74, 6) is 0. The second-order valence-corrected chi connectivity index (χ2v) is 2.17. The van der Waals surface area contributed by atoms with Crippen molar-refractivity contribution in [3.05, 3.63) is 0 Å². The zero-order chi connectivity index (χ0) is 9.56. The summed E-state index contributed by atoms with van der Waals surface area (Å²) in [6.07, 6.45) is -1.15. The van der Waals surface area contributed by atoms with Gasteiger partial charge in [0.05, 0.1) is 0 Å². The van der Waals surface area contributed by atoms with E-state index in [0.717, 1.165) is 0 Å². The lowest BCUT2D eigenvalue weighted by Gasteiger charge is -2.15. The molecule has 0 N–H and O–H groups in total. The molecule has 0 saturated heterocycles. The lowest BCUT2D eigenvalue weighted by Crippen LogP contribution is -2.31. The fourth-order valence-electron chi connectivity index (χ4n) is 0.456. The molecule has 2 atom stereocenters. The molecule has 12 heavy (non-hydrogen) atoms. The van der Waals surface area contributed by atoms with Crippen LogP contribution in [0.25, 0.3) is 0 Å². The van der Waals surface area contributed by atoms with Gasteiger partial charge in [0.15, 0.2) is 0 Å². The van der Waals surface area contributed by atoms with E-state index in [4.69, 9.17) is 18.8 Å². The molecule has 0 rings (SSSR count). The van der Waals surface area contributed by atoms with Crippen LogP contribution in [-0.2, 0) is 23.8 Å². The van der Waals surface area contributed by atoms with E-state index in [0.29, 0.717) is 0 Å². The molecule has 0 aromatic rings. The fraction of sp³-hybridized carbons (Fsp3) is 1.00. The van der Waals surface area contributed by atoms with Crippen molar-refractivity contribution in [2.75, 3.05) is 14.2 Å². The number of hydrogen-bond acceptors (Lipinski definition) is 4. The predicted octanol–water partition coefficient (Wildman–Crippen LogP) is 0.420. The lowest BCUT2D eigenvalue weighted by molar-refractivity contribution is -0.116. The molecule has 0 heterocycles. The molecule has 5 nitrogen and oxygen atoms in total. The minimum Gasteiger partial charge on any atom is -0.358 e. The van der Waals surface area contributed by atoms with Crippen LogP contribution in [0.15, 0.2) is 0 Å². The number of ether oxygens (including phenoxy) is 2. The summed E-state index contributed by atoms with van der Waals surface area (Å²) in [4.78, 5) is 0. The molecule has 1 radical (unpaired) electrons. The van der Waals surface area contributed by atoms with Crippen molar-refractivity contribution < 1.29 is 23.8 Å². The largest absolute Gasteiger partial charge is 0.670 e. The van der Waals surface area contributed by atoms with Gasteiger partial charge < -0.3 is 18.8 Å². The van der Waals surface area contributed by atoms with Crippen molar-refractivity contribution >= 4 is 7.32 Å². The van der Waals surface area contributed by atoms with Gasteiger partial charge in [-0.3, -0.25) is 0 Å². The molecule has 2 unspecified atom stereocenters. The highest BCUT2D eigenvalue weighted by Crippen LogP contribution is 1.99. The fourth-order valence-corrected chi connectivity index (χ4v) is 0.456. The Morgan fingerprint density at radius 1 is 1.00 bits per heavy atom. The van der Waals surface area contributed by atoms with Crippen LogP contribution in [0.3, 0.4) is 0 Å². The Labute approximate surface area is 72.7 Å². The summed E-state index contributed by atoms with van der Waals surface area (Å²) >= 11 is 0. The number of methoxy groups -OCH3 is 2. The molecule has 0 fully saturated rings. The first-order valence-corrected chi connectivity index (χ1v) is 3.62. The Morgan fingerprint density at radius 3 is 1.58 bits per heavy atom. The van der Waals surface area contributed by atoms with Crippen LogP contribution in [0.4, 0.5) is 0 Å². The molecule has 0 aromatic carbocycles. The summed E-state index contributed by atoms with van der Waals surface area (Å²) in [6.45, 7) is 3.21. The van der Waals surface area contributed by atoms with Crippen molar-refractivity contribution in [3.8, 4) is 0 Å². The minimum atomic E-state index is -1.57. The smallest absolute Gasteiger partial charge is 0.358 e. The predicted molar refractivity (Wildman–Crippen MR) is 41.6 cm³/mol. The molecular weight excluding hydrogens is 163 g/mol. The van der Waals surface area contributed by atoms with E-state index in [1.54, 1.807) is 13.8 Å². The molecule has 0 amide bonds. The third-order valence-electron chi connectivity index (χ3n) is 1.27. The molecule has 0 spiro atoms. The van der Waals surface area contributed by atoms with E-state index in [1.807, 2.05) is 0 Å². The van der Waals surface area contributed by atoms with E-state index in [1.165, 1.54) is 14.2 Å². The van der Waals surface area contributed by atoms with Crippen LogP contribution in [0.2, 0.25) is 0 Å². The maximum absolute atomic E-state index is 10.9. The van der Waals surface area contributed by atoms with Crippen molar-refractivity contribution in [1.82, 2.24) is 0 Å². The highest BCUT2D eigenvalue weighted by molar-refractivity contribution is 6.34. The maximum Gasteiger partial charge on any atom is 0.670 e. The van der Waals surface area contributed by atoms with Gasteiger partial charge in [-0.15, -0.1) is 0 Å². The van der Waals surface area contributed by atoms with Crippen LogP contribution in [0.5, 0.6) is 0 Å². The molecule has 0 saturated carbocycles. The van der Waals surface area contributed by atoms with E-state index < -0.39 is 19.9 Å². The summed E-state index contributed by atoms with van der Waals surface area (Å²) < 4.78 is 18.8. The van der Waals surface area contributed by atoms with Crippen LogP contribution < -0.4 is 0 Å². The van der Waals surface area contributed by atoms with Gasteiger partial charge in [0.25, 0.3) is 0 Å². The quantitative estimate of drug-likeness (QED) is 0.435. The zero-order valence-electron chi connectivity index (χ0n) is 7.77. The van der Waals surface area contributed by atoms with Gasteiger partial charge in [0, 0.05) is 14.2 Å². The molecular formula is C6H14BO5. The van der Waals surface area contributed by atoms with Crippen LogP contribution in [-0.4, -0.2) is 34.1 Å². The third kappa shape index (κ3) is 5.51. The summed E-state index contributed by atoms with van der Waals surface area (Å²) in [5.41, 5.74) is 0. The van der Waals surface area contributed by atoms with E-state index in [-0.39, 0.29) is 0 Å². The van der Waals surface area contributed by atoms with E-state index >= 15 is 0 Å². The van der Waals surface area contributed by atoms with E-state index in [9.17, 15) is 5.02 Å². The monoisotopic (exact) mass is 177 g/mol. The van der Waals surface area contributed by atoms with Gasteiger partial charge in [-0.2, -0.15) is 0 Å². The molecule has 0 aliphatic carbocycles. The van der Waals surface area contributed by atoms with Gasteiger partial charge >= 0.3 is 7.32 Å². The molecule has 6 heteroatoms. The van der Waals surface area contributed by atoms with Crippen LogP contribution >= 0.6 is 0 Å². The van der Waals surface area contributed by atoms with Gasteiger partial charge in [0.2, 0.25) is 0 Å². The van der Waals surface area contributed by atoms with E-state index in [2.05, 4.69) is 0 Å². The first-order chi connectivity index (χ1) is 5.60. The number of hydrogen-bond donors (Lipinski definition) is 0. The lowest BCUT2D eigenvalue weighted by atomic mass is 10.2. The highest BCUT2D eigenvalue weighted by Gasteiger charge is 2.23. The van der Waals surface area contributed by atoms with Crippen LogP contribution in [0, 0.1) is 0 Å². The molecule has 0 bridgehead atoms. The Kier molecular flexibility index (Phi) is 6.32. The first kappa shape index (κ1) is 11.9. The maximum atomic E-state index is 10.9. The second kappa shape index (κ2) is 6.39. The Morgan fingerprint density at radius 2 is 1.33 bits per heavy atom. The molecule has 0 aliphatic rings. The van der Waals surface area contributed by atoms with Gasteiger partial charge in [-0.1, -0.05) is 0 Å². The summed E-state index contributed by atoms with van der Waals surface area (Å²) in [7, 11) is 1.31. The Hall–Kier alpha value is -0.135. The average molecular weight is 177 g/mol. The molecule has 0 aliphatic heterocycles. The zero-order valence-corrected chi connectivity index (χ0v) is 7.77. The van der Waals surface area contributed by atoms with Crippen LogP contribution in [0.1, 0.15) is 13.8 Å². The average Bonchev–Trinajstić information content (AvgIpc) is 2.03. The SMILES string of the molecule is COC(C)OB([O])OC(C)OC. The molecule has 0 aromatic heterocycles. The second-order valence-electron chi connectivity index (χ2n) is 2.17. The topological polar surface area (TPSA) is 56.8 Å². The number of rotatable bonds is 6. The normalized spacial score (nSPS) is 15.8. The van der Waals surface area contributed by atoms with Crippen molar-refractivity contribution in [2.24, 2.45) is 0 Å². The standard InChI is InChI=1S/C6H14BO5/c1-5(9-3)11-7(8)12-6(2)10-4/h5-6H,1-4H3. The van der Waals surface area contributed by atoms with Crippen molar-refractivity contribution in [3.63, 3.8) is 0 Å². The highest BCUT2D eigenvalue weighted by atomic mass is 16.8. The van der Waals surface area contributed by atoms with Crippen molar-refractivity contribution in [1.29, 1.82) is 0 Å². The minimum absolute atomic E-state index is 0.573. The van der Waals surface area contributed by atoms with Gasteiger partial charge in [-0.05, 0) is 13.8 Å². The van der Waals surface area contributed by atoms with Gasteiger partial charge in [-0.25, -0.2) is 5.02 Å². The molecule has 71 valence electrons. The summed E-state index contributed by atoms with van der Waals surface area (Å²) in [5, 5.41) is 10.9. The summed E-state index contributed by atoms with van der Waals surface area (Å²) in [6, 6.07) is 0. The Bertz CT molecular complexity index is 100.